The average molecular weight is 224 g/mol. The Balaban J connectivity index is 1.71. The lowest BCUT2D eigenvalue weighted by molar-refractivity contribution is 0.140. The lowest BCUT2D eigenvalue weighted by atomic mass is 10.0. The third kappa shape index (κ3) is 4.06. The van der Waals surface area contributed by atoms with E-state index in [0.29, 0.717) is 6.04 Å². The van der Waals surface area contributed by atoms with E-state index in [4.69, 9.17) is 0 Å². The zero-order valence-corrected chi connectivity index (χ0v) is 11.0. The van der Waals surface area contributed by atoms with E-state index in [2.05, 4.69) is 24.1 Å². The normalized spacial score (nSPS) is 27.6. The third-order valence-electron chi connectivity index (χ3n) is 4.03. The Bertz CT molecular complexity index is 185. The van der Waals surface area contributed by atoms with Gasteiger partial charge in [0.15, 0.2) is 0 Å². The molecule has 2 fully saturated rings. The highest BCUT2D eigenvalue weighted by Gasteiger charge is 2.26. The van der Waals surface area contributed by atoms with E-state index in [9.17, 15) is 0 Å². The van der Waals surface area contributed by atoms with E-state index in [0.717, 1.165) is 12.0 Å². The van der Waals surface area contributed by atoms with Crippen molar-refractivity contribution in [3.63, 3.8) is 0 Å². The minimum absolute atomic E-state index is 0.632. The number of piperidine rings is 1. The van der Waals surface area contributed by atoms with Crippen LogP contribution in [0.5, 0.6) is 0 Å². The summed E-state index contributed by atoms with van der Waals surface area (Å²) in [5, 5.41) is 3.61. The minimum Gasteiger partial charge on any atom is -0.313 e. The van der Waals surface area contributed by atoms with Crippen LogP contribution in [0.15, 0.2) is 0 Å². The molecule has 1 saturated carbocycles. The first kappa shape index (κ1) is 12.4. The van der Waals surface area contributed by atoms with Crippen molar-refractivity contribution in [2.24, 2.45) is 5.92 Å². The fraction of sp³-hybridized carbons (Fsp3) is 1.00. The summed E-state index contributed by atoms with van der Waals surface area (Å²) in [4.78, 5) is 2.75. The van der Waals surface area contributed by atoms with Crippen LogP contribution in [0.1, 0.15) is 52.4 Å². The molecule has 16 heavy (non-hydrogen) atoms. The second-order valence-corrected chi connectivity index (χ2v) is 5.98. The van der Waals surface area contributed by atoms with E-state index in [1.807, 2.05) is 0 Å². The number of likely N-dealkylation sites (tertiary alicyclic amines) is 1. The third-order valence-corrected chi connectivity index (χ3v) is 4.03. The maximum atomic E-state index is 3.61. The monoisotopic (exact) mass is 224 g/mol. The summed E-state index contributed by atoms with van der Waals surface area (Å²) in [5.74, 6) is 1.08. The van der Waals surface area contributed by atoms with Crippen LogP contribution >= 0.6 is 0 Å². The first-order valence-electron chi connectivity index (χ1n) is 7.23. The zero-order valence-electron chi connectivity index (χ0n) is 11.0. The van der Waals surface area contributed by atoms with Gasteiger partial charge in [0, 0.05) is 18.6 Å². The van der Waals surface area contributed by atoms with E-state index < -0.39 is 0 Å². The number of nitrogens with zero attached hydrogens (tertiary/aromatic N) is 1. The van der Waals surface area contributed by atoms with Crippen LogP contribution in [-0.4, -0.2) is 36.6 Å². The fourth-order valence-corrected chi connectivity index (χ4v) is 2.71. The van der Waals surface area contributed by atoms with Gasteiger partial charge in [0.25, 0.3) is 0 Å². The molecule has 1 saturated heterocycles. The Morgan fingerprint density at radius 3 is 2.69 bits per heavy atom. The van der Waals surface area contributed by atoms with Gasteiger partial charge >= 0.3 is 0 Å². The molecule has 0 amide bonds. The van der Waals surface area contributed by atoms with Crippen LogP contribution in [0.25, 0.3) is 0 Å². The van der Waals surface area contributed by atoms with Crippen LogP contribution in [0.2, 0.25) is 0 Å². The largest absolute Gasteiger partial charge is 0.313 e. The number of hydrogen-bond acceptors (Lipinski definition) is 2. The number of nitrogens with one attached hydrogen (secondary N) is 1. The first-order valence-corrected chi connectivity index (χ1v) is 7.23. The first-order chi connectivity index (χ1) is 7.75. The highest BCUT2D eigenvalue weighted by atomic mass is 15.2. The van der Waals surface area contributed by atoms with E-state index in [1.54, 1.807) is 0 Å². The summed E-state index contributed by atoms with van der Waals surface area (Å²) >= 11 is 0. The van der Waals surface area contributed by atoms with Crippen LogP contribution < -0.4 is 5.32 Å². The molecule has 1 aliphatic heterocycles. The molecule has 1 unspecified atom stereocenters. The molecule has 2 nitrogen and oxygen atoms in total. The van der Waals surface area contributed by atoms with Gasteiger partial charge in [-0.3, -0.25) is 4.90 Å². The summed E-state index contributed by atoms with van der Waals surface area (Å²) in [7, 11) is 0. The van der Waals surface area contributed by atoms with E-state index >= 15 is 0 Å². The van der Waals surface area contributed by atoms with E-state index in [-0.39, 0.29) is 0 Å². The van der Waals surface area contributed by atoms with Gasteiger partial charge in [0.1, 0.15) is 0 Å². The molecule has 1 atom stereocenters. The quantitative estimate of drug-likeness (QED) is 0.746. The molecule has 0 spiro atoms. The van der Waals surface area contributed by atoms with Gasteiger partial charge in [-0.15, -0.1) is 0 Å². The van der Waals surface area contributed by atoms with Gasteiger partial charge in [-0.2, -0.15) is 0 Å². The molecule has 0 aromatic rings. The summed E-state index contributed by atoms with van der Waals surface area (Å²) in [6, 6.07) is 1.45. The Hall–Kier alpha value is -0.0800. The van der Waals surface area contributed by atoms with E-state index in [1.165, 1.54) is 58.2 Å². The molecule has 0 bridgehead atoms. The Morgan fingerprint density at radius 1 is 1.19 bits per heavy atom. The van der Waals surface area contributed by atoms with Crippen molar-refractivity contribution >= 4 is 0 Å². The second kappa shape index (κ2) is 6.02. The lowest BCUT2D eigenvalue weighted by Crippen LogP contribution is -2.47. The summed E-state index contributed by atoms with van der Waals surface area (Å²) in [6.45, 7) is 8.39. The predicted octanol–water partition coefficient (Wildman–Crippen LogP) is 2.64. The van der Waals surface area contributed by atoms with Gasteiger partial charge in [-0.25, -0.2) is 0 Å². The van der Waals surface area contributed by atoms with Crippen molar-refractivity contribution in [2.45, 2.75) is 64.5 Å². The smallest absolute Gasteiger partial charge is 0.0220 e. The highest BCUT2D eigenvalue weighted by Crippen LogP contribution is 2.33. The zero-order chi connectivity index (χ0) is 11.4. The maximum Gasteiger partial charge on any atom is 0.0220 e. The van der Waals surface area contributed by atoms with Crippen molar-refractivity contribution in [3.05, 3.63) is 0 Å². The molecule has 1 N–H and O–H groups in total. The van der Waals surface area contributed by atoms with Crippen LogP contribution in [-0.2, 0) is 0 Å². The molecule has 1 heterocycles. The molecule has 2 heteroatoms. The van der Waals surface area contributed by atoms with Crippen molar-refractivity contribution in [1.82, 2.24) is 10.2 Å². The molecule has 0 aromatic heterocycles. The number of hydrogen-bond donors (Lipinski definition) is 1. The topological polar surface area (TPSA) is 15.3 Å². The lowest BCUT2D eigenvalue weighted by Gasteiger charge is -2.36. The fourth-order valence-electron chi connectivity index (χ4n) is 2.71. The van der Waals surface area contributed by atoms with Crippen LogP contribution in [0, 0.1) is 5.92 Å². The van der Waals surface area contributed by atoms with Gasteiger partial charge in [-0.05, 0) is 38.3 Å². The molecular formula is C14H28N2. The van der Waals surface area contributed by atoms with Crippen molar-refractivity contribution in [3.8, 4) is 0 Å². The van der Waals surface area contributed by atoms with Crippen LogP contribution in [0.4, 0.5) is 0 Å². The molecule has 0 radical (unpaired) electrons. The summed E-state index contributed by atoms with van der Waals surface area (Å²) in [6.07, 6.45) is 8.72. The molecular weight excluding hydrogens is 196 g/mol. The minimum atomic E-state index is 0.632. The standard InChI is InChI=1S/C14H28N2/c1-12(2)15-11-14-5-3-4-9-16(14)10-8-13-6-7-13/h12-15H,3-11H2,1-2H3. The molecule has 0 aromatic carbocycles. The van der Waals surface area contributed by atoms with Gasteiger partial charge in [0.2, 0.25) is 0 Å². The Labute approximate surface area is 101 Å². The molecule has 94 valence electrons. The van der Waals surface area contributed by atoms with Gasteiger partial charge in [-0.1, -0.05) is 33.1 Å². The Kier molecular flexibility index (Phi) is 4.66. The van der Waals surface area contributed by atoms with Gasteiger partial charge in [0.05, 0.1) is 0 Å². The molecule has 2 aliphatic rings. The summed E-state index contributed by atoms with van der Waals surface area (Å²) in [5.41, 5.74) is 0. The SMILES string of the molecule is CC(C)NCC1CCCCN1CCC1CC1. The highest BCUT2D eigenvalue weighted by molar-refractivity contribution is 4.82. The number of rotatable bonds is 6. The molecule has 1 aliphatic carbocycles. The molecule has 2 rings (SSSR count). The Morgan fingerprint density at radius 2 is 2.00 bits per heavy atom. The van der Waals surface area contributed by atoms with Crippen LogP contribution in [0.3, 0.4) is 0 Å². The van der Waals surface area contributed by atoms with Gasteiger partial charge < -0.3 is 5.32 Å². The van der Waals surface area contributed by atoms with Crippen molar-refractivity contribution in [1.29, 1.82) is 0 Å². The summed E-state index contributed by atoms with van der Waals surface area (Å²) < 4.78 is 0. The maximum absolute atomic E-state index is 3.61. The average Bonchev–Trinajstić information content (AvgIpc) is 3.08. The van der Waals surface area contributed by atoms with Crippen molar-refractivity contribution in [2.75, 3.05) is 19.6 Å². The second-order valence-electron chi connectivity index (χ2n) is 5.98. The predicted molar refractivity (Wildman–Crippen MR) is 69.7 cm³/mol. The van der Waals surface area contributed by atoms with Crippen molar-refractivity contribution < 1.29 is 0 Å².